The van der Waals surface area contributed by atoms with E-state index in [0.717, 1.165) is 6.54 Å². The minimum absolute atomic E-state index is 0.0885. The van der Waals surface area contributed by atoms with Gasteiger partial charge in [0.1, 0.15) is 0 Å². The number of rotatable bonds is 2. The zero-order valence-corrected chi connectivity index (χ0v) is 8.26. The maximum Gasteiger partial charge on any atom is 0.216 e. The molecule has 1 heterocycles. The highest BCUT2D eigenvalue weighted by atomic mass is 32.2. The highest BCUT2D eigenvalue weighted by Crippen LogP contribution is 2.24. The molecular formula is C7H13NOS2. The molecular weight excluding hydrogens is 178 g/mol. The molecule has 0 saturated carbocycles. The smallest absolute Gasteiger partial charge is 0.216 e. The minimum atomic E-state index is 0.0885. The molecule has 1 N–H and O–H groups in total. The Labute approximate surface area is 75.9 Å². The molecule has 1 saturated heterocycles. The molecule has 0 aromatic carbocycles. The lowest BCUT2D eigenvalue weighted by atomic mass is 10.2. The van der Waals surface area contributed by atoms with Crippen molar-refractivity contribution in [1.82, 2.24) is 5.32 Å². The molecule has 1 rings (SSSR count). The van der Waals surface area contributed by atoms with Gasteiger partial charge >= 0.3 is 0 Å². The predicted molar refractivity (Wildman–Crippen MR) is 52.0 cm³/mol. The van der Waals surface area contributed by atoms with Gasteiger partial charge in [-0.25, -0.2) is 0 Å². The van der Waals surface area contributed by atoms with Crippen LogP contribution in [0.2, 0.25) is 0 Å². The van der Waals surface area contributed by atoms with Crippen molar-refractivity contribution in [2.24, 2.45) is 5.92 Å². The Morgan fingerprint density at radius 2 is 2.18 bits per heavy atom. The van der Waals surface area contributed by atoms with Gasteiger partial charge in [0, 0.05) is 18.6 Å². The molecule has 2 nitrogen and oxygen atoms in total. The van der Waals surface area contributed by atoms with Gasteiger partial charge in [0.15, 0.2) is 0 Å². The van der Waals surface area contributed by atoms with Crippen LogP contribution in [0.3, 0.4) is 0 Å². The van der Waals surface area contributed by atoms with Gasteiger partial charge in [-0.3, -0.25) is 4.79 Å². The molecule has 0 spiro atoms. The molecule has 0 unspecified atom stereocenters. The summed E-state index contributed by atoms with van der Waals surface area (Å²) in [6, 6.07) is 0. The van der Waals surface area contributed by atoms with E-state index in [4.69, 9.17) is 0 Å². The van der Waals surface area contributed by atoms with Crippen LogP contribution in [-0.2, 0) is 4.79 Å². The van der Waals surface area contributed by atoms with E-state index in [9.17, 15) is 4.79 Å². The molecule has 0 bridgehead atoms. The number of carbonyl (C=O) groups is 1. The quantitative estimate of drug-likeness (QED) is 0.710. The lowest BCUT2D eigenvalue weighted by molar-refractivity contribution is -0.119. The zero-order chi connectivity index (χ0) is 8.10. The minimum Gasteiger partial charge on any atom is -0.356 e. The Bertz CT molecular complexity index is 134. The van der Waals surface area contributed by atoms with Crippen LogP contribution in [0.15, 0.2) is 0 Å². The predicted octanol–water partition coefficient (Wildman–Crippen LogP) is 1.18. The van der Waals surface area contributed by atoms with Gasteiger partial charge in [-0.05, 0) is 17.4 Å². The maximum atomic E-state index is 10.6. The monoisotopic (exact) mass is 191 g/mol. The average molecular weight is 191 g/mol. The first kappa shape index (κ1) is 9.26. The van der Waals surface area contributed by atoms with Gasteiger partial charge in [-0.1, -0.05) is 0 Å². The second-order valence-electron chi connectivity index (χ2n) is 2.66. The largest absolute Gasteiger partial charge is 0.356 e. The number of thioether (sulfide) groups is 2. The van der Waals surface area contributed by atoms with Crippen LogP contribution in [0, 0.1) is 5.92 Å². The first-order chi connectivity index (χ1) is 5.29. The summed E-state index contributed by atoms with van der Waals surface area (Å²) in [6.07, 6.45) is 0. The first-order valence-electron chi connectivity index (χ1n) is 3.69. The van der Waals surface area contributed by atoms with Crippen molar-refractivity contribution in [3.63, 3.8) is 0 Å². The number of nitrogens with one attached hydrogen (secondary N) is 1. The molecule has 0 radical (unpaired) electrons. The number of amides is 1. The Balaban J connectivity index is 2.09. The summed E-state index contributed by atoms with van der Waals surface area (Å²) in [7, 11) is 0. The summed E-state index contributed by atoms with van der Waals surface area (Å²) in [5, 5.41) is 4.07. The molecule has 4 heteroatoms. The van der Waals surface area contributed by atoms with Crippen LogP contribution < -0.4 is 5.32 Å². The van der Waals surface area contributed by atoms with Crippen molar-refractivity contribution in [3.8, 4) is 0 Å². The number of carbonyl (C=O) groups excluding carboxylic acids is 1. The summed E-state index contributed by atoms with van der Waals surface area (Å²) < 4.78 is 0. The normalized spacial score (nSPS) is 19.7. The maximum absolute atomic E-state index is 10.6. The van der Waals surface area contributed by atoms with Gasteiger partial charge in [-0.2, -0.15) is 23.5 Å². The fourth-order valence-corrected chi connectivity index (χ4v) is 3.47. The Morgan fingerprint density at radius 3 is 2.73 bits per heavy atom. The van der Waals surface area contributed by atoms with Crippen LogP contribution in [0.1, 0.15) is 6.92 Å². The third-order valence-electron chi connectivity index (χ3n) is 1.51. The van der Waals surface area contributed by atoms with Gasteiger partial charge < -0.3 is 5.32 Å². The molecule has 11 heavy (non-hydrogen) atoms. The van der Waals surface area contributed by atoms with Gasteiger partial charge in [0.05, 0.1) is 0 Å². The van der Waals surface area contributed by atoms with Crippen LogP contribution >= 0.6 is 23.5 Å². The van der Waals surface area contributed by atoms with E-state index < -0.39 is 0 Å². The molecule has 1 aliphatic rings. The van der Waals surface area contributed by atoms with Crippen molar-refractivity contribution >= 4 is 29.4 Å². The molecule has 0 aromatic heterocycles. The molecule has 0 aliphatic carbocycles. The third-order valence-corrected chi connectivity index (χ3v) is 4.26. The second kappa shape index (κ2) is 4.93. The van der Waals surface area contributed by atoms with E-state index in [0.29, 0.717) is 5.92 Å². The second-order valence-corrected chi connectivity index (χ2v) is 5.09. The molecule has 0 aromatic rings. The fraction of sp³-hybridized carbons (Fsp3) is 0.857. The molecule has 1 fully saturated rings. The lowest BCUT2D eigenvalue weighted by Crippen LogP contribution is -2.30. The van der Waals surface area contributed by atoms with Gasteiger partial charge in [0.25, 0.3) is 0 Å². The topological polar surface area (TPSA) is 29.1 Å². The van der Waals surface area contributed by atoms with E-state index in [1.54, 1.807) is 6.92 Å². The summed E-state index contributed by atoms with van der Waals surface area (Å²) in [4.78, 5) is 10.6. The van der Waals surface area contributed by atoms with E-state index in [-0.39, 0.29) is 5.91 Å². The fourth-order valence-electron chi connectivity index (χ4n) is 0.943. The molecule has 64 valence electrons. The summed E-state index contributed by atoms with van der Waals surface area (Å²) in [5.41, 5.74) is 0. The Morgan fingerprint density at radius 1 is 1.55 bits per heavy atom. The van der Waals surface area contributed by atoms with Crippen molar-refractivity contribution in [2.45, 2.75) is 6.92 Å². The molecule has 1 amide bonds. The standard InChI is InChI=1S/C7H13NOS2/c1-6(9)8-2-7-3-10-5-11-4-7/h7H,2-5H2,1H3,(H,8,9). The molecule has 1 aliphatic heterocycles. The zero-order valence-electron chi connectivity index (χ0n) is 6.63. The number of hydrogen-bond acceptors (Lipinski definition) is 3. The highest BCUT2D eigenvalue weighted by Gasteiger charge is 2.13. The SMILES string of the molecule is CC(=O)NCC1CSCSC1. The van der Waals surface area contributed by atoms with Crippen LogP contribution in [0.4, 0.5) is 0 Å². The number of hydrogen-bond donors (Lipinski definition) is 1. The van der Waals surface area contributed by atoms with Crippen LogP contribution in [0.5, 0.6) is 0 Å². The van der Waals surface area contributed by atoms with Crippen LogP contribution in [-0.4, -0.2) is 29.0 Å². The van der Waals surface area contributed by atoms with E-state index in [2.05, 4.69) is 5.32 Å². The first-order valence-corrected chi connectivity index (χ1v) is 6.00. The Hall–Kier alpha value is 0.170. The third kappa shape index (κ3) is 3.91. The Kier molecular flexibility index (Phi) is 4.15. The van der Waals surface area contributed by atoms with E-state index in [1.807, 2.05) is 23.5 Å². The summed E-state index contributed by atoms with van der Waals surface area (Å²) >= 11 is 3.93. The lowest BCUT2D eigenvalue weighted by Gasteiger charge is -2.20. The van der Waals surface area contributed by atoms with Crippen molar-refractivity contribution in [2.75, 3.05) is 23.1 Å². The van der Waals surface area contributed by atoms with E-state index >= 15 is 0 Å². The summed E-state index contributed by atoms with van der Waals surface area (Å²) in [6.45, 7) is 2.43. The summed E-state index contributed by atoms with van der Waals surface area (Å²) in [5.74, 6) is 3.17. The van der Waals surface area contributed by atoms with Crippen LogP contribution in [0.25, 0.3) is 0 Å². The van der Waals surface area contributed by atoms with Crippen molar-refractivity contribution in [3.05, 3.63) is 0 Å². The highest BCUT2D eigenvalue weighted by molar-refractivity contribution is 8.16. The van der Waals surface area contributed by atoms with E-state index in [1.165, 1.54) is 16.6 Å². The van der Waals surface area contributed by atoms with Crippen molar-refractivity contribution in [1.29, 1.82) is 0 Å². The molecule has 0 atom stereocenters. The van der Waals surface area contributed by atoms with Crippen molar-refractivity contribution < 1.29 is 4.79 Å². The average Bonchev–Trinajstić information content (AvgIpc) is 2.03. The van der Waals surface area contributed by atoms with Gasteiger partial charge in [-0.15, -0.1) is 0 Å². The van der Waals surface area contributed by atoms with Gasteiger partial charge in [0.2, 0.25) is 5.91 Å².